The molecule has 0 bridgehead atoms. The molecular formula is C8H14O3. The average molecular weight is 158 g/mol. The number of aliphatic carboxylic acids is 1. The smallest absolute Gasteiger partial charge is 0.306 e. The van der Waals surface area contributed by atoms with Gasteiger partial charge in [0.25, 0.3) is 0 Å². The van der Waals surface area contributed by atoms with Crippen LogP contribution in [0.25, 0.3) is 0 Å². The quantitative estimate of drug-likeness (QED) is 0.673. The van der Waals surface area contributed by atoms with E-state index in [1.54, 1.807) is 6.92 Å². The van der Waals surface area contributed by atoms with Gasteiger partial charge in [-0.05, 0) is 19.3 Å². The van der Waals surface area contributed by atoms with E-state index in [2.05, 4.69) is 0 Å². The van der Waals surface area contributed by atoms with Crippen LogP contribution >= 0.6 is 0 Å². The van der Waals surface area contributed by atoms with Crippen molar-refractivity contribution in [3.05, 3.63) is 0 Å². The third-order valence-electron chi connectivity index (χ3n) is 2.06. The molecule has 3 heteroatoms. The summed E-state index contributed by atoms with van der Waals surface area (Å²) in [4.78, 5) is 10.4. The second-order valence-corrected chi connectivity index (χ2v) is 3.11. The van der Waals surface area contributed by atoms with Gasteiger partial charge in [-0.2, -0.15) is 0 Å². The summed E-state index contributed by atoms with van der Waals surface area (Å²) in [5.74, 6) is -0.987. The van der Waals surface area contributed by atoms with E-state index in [9.17, 15) is 4.79 Å². The van der Waals surface area contributed by atoms with Gasteiger partial charge in [-0.1, -0.05) is 6.92 Å². The highest BCUT2D eigenvalue weighted by Gasteiger charge is 2.21. The maximum atomic E-state index is 10.4. The fourth-order valence-corrected chi connectivity index (χ4v) is 1.33. The van der Waals surface area contributed by atoms with E-state index in [1.807, 2.05) is 0 Å². The SMILES string of the molecule is C[C@@H](CC1CCCO1)C(=O)O. The number of carboxylic acid groups (broad SMARTS) is 1. The molecule has 0 spiro atoms. The number of rotatable bonds is 3. The second-order valence-electron chi connectivity index (χ2n) is 3.11. The molecule has 1 N–H and O–H groups in total. The summed E-state index contributed by atoms with van der Waals surface area (Å²) < 4.78 is 5.31. The summed E-state index contributed by atoms with van der Waals surface area (Å²) in [6, 6.07) is 0. The van der Waals surface area contributed by atoms with Crippen molar-refractivity contribution in [2.24, 2.45) is 5.92 Å². The largest absolute Gasteiger partial charge is 0.481 e. The summed E-state index contributed by atoms with van der Waals surface area (Å²) in [7, 11) is 0. The summed E-state index contributed by atoms with van der Waals surface area (Å²) in [5, 5.41) is 8.59. The fraction of sp³-hybridized carbons (Fsp3) is 0.875. The van der Waals surface area contributed by atoms with Crippen molar-refractivity contribution in [3.63, 3.8) is 0 Å². The zero-order valence-corrected chi connectivity index (χ0v) is 6.75. The number of carboxylic acids is 1. The second kappa shape index (κ2) is 3.72. The van der Waals surface area contributed by atoms with Gasteiger partial charge in [0.1, 0.15) is 0 Å². The van der Waals surface area contributed by atoms with Crippen LogP contribution < -0.4 is 0 Å². The molecule has 0 aromatic heterocycles. The molecule has 0 aromatic rings. The molecule has 0 radical (unpaired) electrons. The van der Waals surface area contributed by atoms with E-state index in [1.165, 1.54) is 0 Å². The Morgan fingerprint density at radius 1 is 1.82 bits per heavy atom. The summed E-state index contributed by atoms with van der Waals surface area (Å²) in [6.07, 6.45) is 2.96. The minimum Gasteiger partial charge on any atom is -0.481 e. The predicted octanol–water partition coefficient (Wildman–Crippen LogP) is 1.28. The minimum atomic E-state index is -0.722. The van der Waals surface area contributed by atoms with Gasteiger partial charge in [0.2, 0.25) is 0 Å². The molecule has 0 aliphatic carbocycles. The Balaban J connectivity index is 2.23. The van der Waals surface area contributed by atoms with Gasteiger partial charge in [-0.25, -0.2) is 0 Å². The van der Waals surface area contributed by atoms with Gasteiger partial charge < -0.3 is 9.84 Å². The first-order chi connectivity index (χ1) is 5.20. The van der Waals surface area contributed by atoms with Crippen LogP contribution in [0.2, 0.25) is 0 Å². The van der Waals surface area contributed by atoms with Gasteiger partial charge in [0.05, 0.1) is 12.0 Å². The molecule has 0 aromatic carbocycles. The standard InChI is InChI=1S/C8H14O3/c1-6(8(9)10)5-7-3-2-4-11-7/h6-7H,2-5H2,1H3,(H,9,10)/t6-,7?/m0/s1. The predicted molar refractivity (Wildman–Crippen MR) is 40.4 cm³/mol. The molecule has 11 heavy (non-hydrogen) atoms. The first-order valence-electron chi connectivity index (χ1n) is 4.04. The normalized spacial score (nSPS) is 26.8. The lowest BCUT2D eigenvalue weighted by atomic mass is 10.0. The molecule has 1 unspecified atom stereocenters. The first-order valence-corrected chi connectivity index (χ1v) is 4.04. The van der Waals surface area contributed by atoms with E-state index < -0.39 is 5.97 Å². The Hall–Kier alpha value is -0.570. The van der Waals surface area contributed by atoms with E-state index in [0.29, 0.717) is 6.42 Å². The monoisotopic (exact) mass is 158 g/mol. The van der Waals surface area contributed by atoms with Crippen LogP contribution in [0.15, 0.2) is 0 Å². The van der Waals surface area contributed by atoms with Gasteiger partial charge in [-0.15, -0.1) is 0 Å². The number of ether oxygens (including phenoxy) is 1. The molecule has 1 rings (SSSR count). The molecule has 1 aliphatic rings. The van der Waals surface area contributed by atoms with Crippen molar-refractivity contribution in [2.45, 2.75) is 32.3 Å². The lowest BCUT2D eigenvalue weighted by molar-refractivity contribution is -0.142. The molecule has 1 saturated heterocycles. The maximum Gasteiger partial charge on any atom is 0.306 e. The van der Waals surface area contributed by atoms with Crippen LogP contribution in [0.1, 0.15) is 26.2 Å². The Labute approximate surface area is 66.4 Å². The minimum absolute atomic E-state index is 0.195. The first kappa shape index (κ1) is 8.53. The molecule has 2 atom stereocenters. The average Bonchev–Trinajstić information content (AvgIpc) is 2.39. The van der Waals surface area contributed by atoms with Crippen LogP contribution in [0.4, 0.5) is 0 Å². The Kier molecular flexibility index (Phi) is 2.88. The van der Waals surface area contributed by atoms with E-state index in [-0.39, 0.29) is 12.0 Å². The Morgan fingerprint density at radius 2 is 2.55 bits per heavy atom. The third kappa shape index (κ3) is 2.50. The molecule has 3 nitrogen and oxygen atoms in total. The lowest BCUT2D eigenvalue weighted by Gasteiger charge is -2.11. The van der Waals surface area contributed by atoms with Crippen molar-refractivity contribution in [3.8, 4) is 0 Å². The van der Waals surface area contributed by atoms with Gasteiger partial charge in [-0.3, -0.25) is 4.79 Å². The van der Waals surface area contributed by atoms with Crippen molar-refractivity contribution in [1.29, 1.82) is 0 Å². The molecular weight excluding hydrogens is 144 g/mol. The molecule has 1 fully saturated rings. The van der Waals surface area contributed by atoms with Crippen LogP contribution in [-0.4, -0.2) is 23.8 Å². The van der Waals surface area contributed by atoms with Crippen molar-refractivity contribution in [1.82, 2.24) is 0 Å². The fourth-order valence-electron chi connectivity index (χ4n) is 1.33. The van der Waals surface area contributed by atoms with Crippen molar-refractivity contribution in [2.75, 3.05) is 6.61 Å². The summed E-state index contributed by atoms with van der Waals surface area (Å²) in [6.45, 7) is 2.53. The third-order valence-corrected chi connectivity index (χ3v) is 2.06. The van der Waals surface area contributed by atoms with E-state index >= 15 is 0 Å². The zero-order valence-electron chi connectivity index (χ0n) is 6.75. The molecule has 0 saturated carbocycles. The highest BCUT2D eigenvalue weighted by molar-refractivity contribution is 5.69. The molecule has 0 amide bonds. The topological polar surface area (TPSA) is 46.5 Å². The van der Waals surface area contributed by atoms with Gasteiger partial charge in [0.15, 0.2) is 0 Å². The summed E-state index contributed by atoms with van der Waals surface area (Å²) in [5.41, 5.74) is 0. The number of carbonyl (C=O) groups is 1. The van der Waals surface area contributed by atoms with E-state index in [0.717, 1.165) is 19.4 Å². The van der Waals surface area contributed by atoms with Crippen molar-refractivity contribution >= 4 is 5.97 Å². The maximum absolute atomic E-state index is 10.4. The van der Waals surface area contributed by atoms with Crippen molar-refractivity contribution < 1.29 is 14.6 Å². The number of hydrogen-bond donors (Lipinski definition) is 1. The Bertz CT molecular complexity index is 138. The molecule has 64 valence electrons. The highest BCUT2D eigenvalue weighted by Crippen LogP contribution is 2.19. The van der Waals surface area contributed by atoms with E-state index in [4.69, 9.17) is 9.84 Å². The number of hydrogen-bond acceptors (Lipinski definition) is 2. The van der Waals surface area contributed by atoms with Crippen LogP contribution in [0.3, 0.4) is 0 Å². The van der Waals surface area contributed by atoms with Crippen LogP contribution in [0, 0.1) is 5.92 Å². The van der Waals surface area contributed by atoms with Crippen LogP contribution in [-0.2, 0) is 9.53 Å². The van der Waals surface area contributed by atoms with Crippen LogP contribution in [0.5, 0.6) is 0 Å². The highest BCUT2D eigenvalue weighted by atomic mass is 16.5. The van der Waals surface area contributed by atoms with Gasteiger partial charge >= 0.3 is 5.97 Å². The molecule has 1 aliphatic heterocycles. The Morgan fingerprint density at radius 3 is 3.00 bits per heavy atom. The lowest BCUT2D eigenvalue weighted by Crippen LogP contribution is -2.17. The van der Waals surface area contributed by atoms with Gasteiger partial charge in [0, 0.05) is 6.61 Å². The molecule has 1 heterocycles. The summed E-state index contributed by atoms with van der Waals surface area (Å²) >= 11 is 0. The zero-order chi connectivity index (χ0) is 8.27.